The van der Waals surface area contributed by atoms with Crippen molar-refractivity contribution in [3.63, 3.8) is 0 Å². The molecule has 1 N–H and O–H groups in total. The number of aromatic nitrogens is 2. The number of fused-ring (bicyclic) bond motifs is 1. The van der Waals surface area contributed by atoms with Crippen LogP contribution < -0.4 is 9.62 Å². The number of thiazole rings is 1. The van der Waals surface area contributed by atoms with Crippen molar-refractivity contribution in [3.8, 4) is 0 Å². The molecule has 1 aliphatic rings. The van der Waals surface area contributed by atoms with Crippen molar-refractivity contribution in [3.05, 3.63) is 71.9 Å². The van der Waals surface area contributed by atoms with Crippen LogP contribution in [0.4, 0.5) is 19.6 Å². The van der Waals surface area contributed by atoms with E-state index in [9.17, 15) is 22.0 Å². The smallest absolute Gasteiger partial charge is 0.263 e. The number of sulfonamides is 1. The first-order chi connectivity index (χ1) is 17.6. The standard InChI is InChI=1S/C25H25F2N5O3S2/c1-16-15-30(19-3-5-20(6-4-19)37(34,35)29-25-28-8-12-36-25)10-11-31(16)24(33)17(2)32-9-7-18-13-21(26)22(27)14-23(18)32/h3-9,12-14,16-17H,10-11,15H2,1-2H3,(H,28,29)/t16-,17?/m1/s1. The number of halogens is 2. The van der Waals surface area contributed by atoms with Gasteiger partial charge in [0.15, 0.2) is 16.8 Å². The molecule has 37 heavy (non-hydrogen) atoms. The van der Waals surface area contributed by atoms with Crippen LogP contribution in [0.3, 0.4) is 0 Å². The molecular formula is C25H25F2N5O3S2. The lowest BCUT2D eigenvalue weighted by atomic mass is 10.1. The van der Waals surface area contributed by atoms with E-state index < -0.39 is 27.7 Å². The fourth-order valence-corrected chi connectivity index (χ4v) is 6.44. The van der Waals surface area contributed by atoms with Gasteiger partial charge in [-0.1, -0.05) is 0 Å². The minimum Gasteiger partial charge on any atom is -0.368 e. The fourth-order valence-electron chi connectivity index (χ4n) is 4.65. The number of nitrogens with one attached hydrogen (secondary N) is 1. The van der Waals surface area contributed by atoms with Crippen LogP contribution in [0.2, 0.25) is 0 Å². The Morgan fingerprint density at radius 1 is 1.14 bits per heavy atom. The molecule has 1 saturated heterocycles. The van der Waals surface area contributed by atoms with Crippen molar-refractivity contribution in [2.45, 2.75) is 30.8 Å². The number of nitrogens with zero attached hydrogens (tertiary/aromatic N) is 4. The number of benzene rings is 2. The largest absolute Gasteiger partial charge is 0.368 e. The molecule has 8 nitrogen and oxygen atoms in total. The van der Waals surface area contributed by atoms with Crippen LogP contribution >= 0.6 is 11.3 Å². The van der Waals surface area contributed by atoms with Crippen LogP contribution in [0.5, 0.6) is 0 Å². The zero-order valence-electron chi connectivity index (χ0n) is 20.1. The van der Waals surface area contributed by atoms with Crippen molar-refractivity contribution in [1.29, 1.82) is 0 Å². The quantitative estimate of drug-likeness (QED) is 0.386. The van der Waals surface area contributed by atoms with E-state index in [-0.39, 0.29) is 16.8 Å². The Morgan fingerprint density at radius 2 is 1.86 bits per heavy atom. The molecule has 1 fully saturated rings. The summed E-state index contributed by atoms with van der Waals surface area (Å²) < 4.78 is 56.7. The Labute approximate surface area is 217 Å². The average molecular weight is 546 g/mol. The minimum atomic E-state index is -3.73. The van der Waals surface area contributed by atoms with Crippen LogP contribution in [0.15, 0.2) is 65.1 Å². The molecule has 1 unspecified atom stereocenters. The molecule has 3 heterocycles. The van der Waals surface area contributed by atoms with E-state index in [1.165, 1.54) is 17.5 Å². The number of amides is 1. The fraction of sp³-hybridized carbons (Fsp3) is 0.280. The zero-order valence-corrected chi connectivity index (χ0v) is 21.8. The lowest BCUT2D eigenvalue weighted by molar-refractivity contribution is -0.136. The summed E-state index contributed by atoms with van der Waals surface area (Å²) in [6.45, 7) is 5.31. The lowest BCUT2D eigenvalue weighted by Crippen LogP contribution is -2.55. The number of anilines is 2. The van der Waals surface area contributed by atoms with Gasteiger partial charge in [0, 0.05) is 60.6 Å². The minimum absolute atomic E-state index is 0.107. The summed E-state index contributed by atoms with van der Waals surface area (Å²) in [6.07, 6.45) is 3.20. The van der Waals surface area contributed by atoms with E-state index in [1.807, 2.05) is 6.92 Å². The van der Waals surface area contributed by atoms with E-state index in [0.29, 0.717) is 35.7 Å². The summed E-state index contributed by atoms with van der Waals surface area (Å²) in [5.74, 6) is -1.98. The topological polar surface area (TPSA) is 87.5 Å². The molecular weight excluding hydrogens is 520 g/mol. The molecule has 194 valence electrons. The van der Waals surface area contributed by atoms with Gasteiger partial charge < -0.3 is 14.4 Å². The van der Waals surface area contributed by atoms with Crippen LogP contribution in [0.1, 0.15) is 19.9 Å². The maximum absolute atomic E-state index is 13.8. The van der Waals surface area contributed by atoms with E-state index in [1.54, 1.807) is 58.3 Å². The maximum atomic E-state index is 13.8. The Hall–Kier alpha value is -3.51. The number of carbonyl (C=O) groups is 1. The van der Waals surface area contributed by atoms with Gasteiger partial charge in [0.25, 0.3) is 10.0 Å². The Morgan fingerprint density at radius 3 is 2.54 bits per heavy atom. The average Bonchev–Trinajstić information content (AvgIpc) is 3.53. The second kappa shape index (κ2) is 9.75. The highest BCUT2D eigenvalue weighted by molar-refractivity contribution is 7.93. The van der Waals surface area contributed by atoms with Crippen molar-refractivity contribution < 1.29 is 22.0 Å². The van der Waals surface area contributed by atoms with Gasteiger partial charge in [-0.2, -0.15) is 0 Å². The summed E-state index contributed by atoms with van der Waals surface area (Å²) in [6, 6.07) is 9.81. The van der Waals surface area contributed by atoms with Crippen molar-refractivity contribution in [2.24, 2.45) is 0 Å². The highest BCUT2D eigenvalue weighted by Gasteiger charge is 2.31. The summed E-state index contributed by atoms with van der Waals surface area (Å²) >= 11 is 1.20. The monoisotopic (exact) mass is 545 g/mol. The second-order valence-corrected chi connectivity index (χ2v) is 11.6. The van der Waals surface area contributed by atoms with Gasteiger partial charge in [0.05, 0.1) is 10.4 Å². The third kappa shape index (κ3) is 4.90. The second-order valence-electron chi connectivity index (χ2n) is 8.99. The maximum Gasteiger partial charge on any atom is 0.263 e. The third-order valence-electron chi connectivity index (χ3n) is 6.61. The zero-order chi connectivity index (χ0) is 26.3. The number of hydrogen-bond donors (Lipinski definition) is 1. The summed E-state index contributed by atoms with van der Waals surface area (Å²) in [5.41, 5.74) is 1.32. The van der Waals surface area contributed by atoms with E-state index in [2.05, 4.69) is 14.6 Å². The third-order valence-corrected chi connectivity index (χ3v) is 8.79. The first-order valence-corrected chi connectivity index (χ1v) is 14.0. The van der Waals surface area contributed by atoms with Crippen molar-refractivity contribution in [1.82, 2.24) is 14.5 Å². The van der Waals surface area contributed by atoms with Crippen LogP contribution in [0.25, 0.3) is 10.9 Å². The molecule has 12 heteroatoms. The normalized spacial score (nSPS) is 17.2. The predicted octanol–water partition coefficient (Wildman–Crippen LogP) is 4.48. The van der Waals surface area contributed by atoms with Crippen molar-refractivity contribution in [2.75, 3.05) is 29.3 Å². The Balaban J connectivity index is 1.26. The number of piperazine rings is 1. The van der Waals surface area contributed by atoms with Gasteiger partial charge in [-0.25, -0.2) is 22.2 Å². The van der Waals surface area contributed by atoms with Gasteiger partial charge in [-0.15, -0.1) is 11.3 Å². The number of carbonyl (C=O) groups excluding carboxylic acids is 1. The molecule has 1 aliphatic heterocycles. The molecule has 2 aromatic heterocycles. The van der Waals surface area contributed by atoms with Crippen molar-refractivity contribution >= 4 is 49.0 Å². The Kier molecular flexibility index (Phi) is 6.63. The lowest BCUT2D eigenvalue weighted by Gasteiger charge is -2.42. The van der Waals surface area contributed by atoms with Gasteiger partial charge in [-0.05, 0) is 50.2 Å². The summed E-state index contributed by atoms with van der Waals surface area (Å²) in [7, 11) is -3.73. The highest BCUT2D eigenvalue weighted by Crippen LogP contribution is 2.27. The van der Waals surface area contributed by atoms with E-state index >= 15 is 0 Å². The van der Waals surface area contributed by atoms with E-state index in [0.717, 1.165) is 17.8 Å². The summed E-state index contributed by atoms with van der Waals surface area (Å²) in [5, 5.41) is 2.52. The van der Waals surface area contributed by atoms with Gasteiger partial charge >= 0.3 is 0 Å². The Bertz CT molecular complexity index is 1540. The first-order valence-electron chi connectivity index (χ1n) is 11.7. The number of rotatable bonds is 6. The SMILES string of the molecule is CC(C(=O)N1CCN(c2ccc(S(=O)(=O)Nc3nccs3)cc2)C[C@H]1C)n1ccc2cc(F)c(F)cc21. The van der Waals surface area contributed by atoms with Gasteiger partial charge in [-0.3, -0.25) is 9.52 Å². The molecule has 4 aromatic rings. The molecule has 0 radical (unpaired) electrons. The molecule has 1 amide bonds. The molecule has 2 aromatic carbocycles. The van der Waals surface area contributed by atoms with Gasteiger partial charge in [0.1, 0.15) is 6.04 Å². The molecule has 0 saturated carbocycles. The highest BCUT2D eigenvalue weighted by atomic mass is 32.2. The predicted molar refractivity (Wildman–Crippen MR) is 139 cm³/mol. The van der Waals surface area contributed by atoms with Crippen LogP contribution in [-0.4, -0.2) is 54.5 Å². The first kappa shape index (κ1) is 25.2. The van der Waals surface area contributed by atoms with Crippen LogP contribution in [0, 0.1) is 11.6 Å². The van der Waals surface area contributed by atoms with Crippen LogP contribution in [-0.2, 0) is 14.8 Å². The number of hydrogen-bond acceptors (Lipinski definition) is 6. The van der Waals surface area contributed by atoms with E-state index in [4.69, 9.17) is 0 Å². The molecule has 0 aliphatic carbocycles. The molecule has 2 atom stereocenters. The summed E-state index contributed by atoms with van der Waals surface area (Å²) in [4.78, 5) is 21.4. The molecule has 0 spiro atoms. The van der Waals surface area contributed by atoms with Gasteiger partial charge in [0.2, 0.25) is 5.91 Å². The molecule has 0 bridgehead atoms. The molecule has 5 rings (SSSR count).